The van der Waals surface area contributed by atoms with Crippen LogP contribution in [0.5, 0.6) is 0 Å². The van der Waals surface area contributed by atoms with E-state index in [0.717, 1.165) is 32.4 Å². The number of carbonyl (C=O) groups is 1. The molecule has 4 unspecified atom stereocenters. The van der Waals surface area contributed by atoms with Gasteiger partial charge in [0.1, 0.15) is 6.10 Å². The Kier molecular flexibility index (Phi) is 5.19. The number of ether oxygens (including phenoxy) is 2. The highest BCUT2D eigenvalue weighted by Gasteiger charge is 2.34. The largest absolute Gasteiger partial charge is 0.376 e. The van der Waals surface area contributed by atoms with Crippen molar-refractivity contribution in [3.05, 3.63) is 0 Å². The molecule has 0 radical (unpaired) electrons. The zero-order valence-corrected chi connectivity index (χ0v) is 12.0. The molecule has 0 aliphatic carbocycles. The fraction of sp³-hybridized carbons (Fsp3) is 0.929. The van der Waals surface area contributed by atoms with Crippen molar-refractivity contribution in [1.29, 1.82) is 0 Å². The molecule has 0 aromatic carbocycles. The molecule has 4 atom stereocenters. The summed E-state index contributed by atoms with van der Waals surface area (Å²) in [5.74, 6) is 0.519. The number of carbonyl (C=O) groups excluding carboxylic acids is 1. The van der Waals surface area contributed by atoms with E-state index in [1.165, 1.54) is 0 Å². The Morgan fingerprint density at radius 1 is 1.58 bits per heavy atom. The maximum Gasteiger partial charge on any atom is 0.251 e. The Bertz CT molecular complexity index is 305. The molecule has 2 saturated heterocycles. The monoisotopic (exact) mass is 270 g/mol. The van der Waals surface area contributed by atoms with Gasteiger partial charge in [0.15, 0.2) is 0 Å². The second kappa shape index (κ2) is 6.68. The average Bonchev–Trinajstić information content (AvgIpc) is 3.04. The highest BCUT2D eigenvalue weighted by Crippen LogP contribution is 2.23. The van der Waals surface area contributed by atoms with Gasteiger partial charge in [-0.05, 0) is 45.6 Å². The molecule has 2 heterocycles. The molecule has 5 heteroatoms. The van der Waals surface area contributed by atoms with Gasteiger partial charge in [-0.15, -0.1) is 0 Å². The Balaban J connectivity index is 1.78. The van der Waals surface area contributed by atoms with Gasteiger partial charge in [0.05, 0.1) is 12.7 Å². The predicted octanol–water partition coefficient (Wildman–Crippen LogP) is 0.766. The number of amides is 1. The van der Waals surface area contributed by atoms with Gasteiger partial charge in [0.25, 0.3) is 5.91 Å². The number of hydrogen-bond acceptors (Lipinski definition) is 4. The number of likely N-dealkylation sites (tertiary alicyclic amines) is 1. The van der Waals surface area contributed by atoms with E-state index in [9.17, 15) is 4.79 Å². The summed E-state index contributed by atoms with van der Waals surface area (Å²) in [6.07, 6.45) is 2.92. The Labute approximate surface area is 115 Å². The first kappa shape index (κ1) is 14.8. The SMILES string of the molecule is CC(OCC1CCCO1)C(=O)N1CC(CN)CC1C. The van der Waals surface area contributed by atoms with Gasteiger partial charge >= 0.3 is 0 Å². The van der Waals surface area contributed by atoms with Gasteiger partial charge in [0.2, 0.25) is 0 Å². The molecule has 2 rings (SSSR count). The summed E-state index contributed by atoms with van der Waals surface area (Å²) >= 11 is 0. The van der Waals surface area contributed by atoms with E-state index >= 15 is 0 Å². The molecule has 19 heavy (non-hydrogen) atoms. The third kappa shape index (κ3) is 3.68. The zero-order valence-electron chi connectivity index (χ0n) is 12.0. The van der Waals surface area contributed by atoms with E-state index in [1.807, 2.05) is 11.8 Å². The quantitative estimate of drug-likeness (QED) is 0.801. The highest BCUT2D eigenvalue weighted by molar-refractivity contribution is 5.81. The smallest absolute Gasteiger partial charge is 0.251 e. The third-order valence-corrected chi connectivity index (χ3v) is 4.18. The molecular weight excluding hydrogens is 244 g/mol. The van der Waals surface area contributed by atoms with Crippen LogP contribution in [0.4, 0.5) is 0 Å². The van der Waals surface area contributed by atoms with Crippen molar-refractivity contribution >= 4 is 5.91 Å². The minimum atomic E-state index is -0.386. The van der Waals surface area contributed by atoms with E-state index in [2.05, 4.69) is 6.92 Å². The first-order valence-electron chi connectivity index (χ1n) is 7.35. The van der Waals surface area contributed by atoms with Crippen LogP contribution < -0.4 is 5.73 Å². The molecule has 0 spiro atoms. The normalized spacial score (nSPS) is 32.8. The van der Waals surface area contributed by atoms with Gasteiger partial charge in [-0.1, -0.05) is 0 Å². The minimum Gasteiger partial charge on any atom is -0.376 e. The lowest BCUT2D eigenvalue weighted by atomic mass is 10.1. The van der Waals surface area contributed by atoms with Gasteiger partial charge in [0, 0.05) is 19.2 Å². The van der Waals surface area contributed by atoms with Crippen LogP contribution in [0, 0.1) is 5.92 Å². The summed E-state index contributed by atoms with van der Waals surface area (Å²) in [6.45, 7) is 6.68. The van der Waals surface area contributed by atoms with E-state index in [0.29, 0.717) is 19.1 Å². The van der Waals surface area contributed by atoms with Crippen LogP contribution in [0.1, 0.15) is 33.1 Å². The maximum absolute atomic E-state index is 12.3. The summed E-state index contributed by atoms with van der Waals surface area (Å²) in [7, 11) is 0. The lowest BCUT2D eigenvalue weighted by Gasteiger charge is -2.25. The Hall–Kier alpha value is -0.650. The molecule has 0 aromatic heterocycles. The van der Waals surface area contributed by atoms with Crippen molar-refractivity contribution in [2.75, 3.05) is 26.3 Å². The summed E-state index contributed by atoms with van der Waals surface area (Å²) in [5, 5.41) is 0. The van der Waals surface area contributed by atoms with Crippen LogP contribution in [0.3, 0.4) is 0 Å². The third-order valence-electron chi connectivity index (χ3n) is 4.18. The van der Waals surface area contributed by atoms with Gasteiger partial charge in [-0.25, -0.2) is 0 Å². The molecule has 2 aliphatic rings. The van der Waals surface area contributed by atoms with Crippen LogP contribution in [0.15, 0.2) is 0 Å². The molecule has 5 nitrogen and oxygen atoms in total. The van der Waals surface area contributed by atoms with E-state index < -0.39 is 0 Å². The summed E-state index contributed by atoms with van der Waals surface area (Å²) in [4.78, 5) is 14.3. The fourth-order valence-corrected chi connectivity index (χ4v) is 2.95. The highest BCUT2D eigenvalue weighted by atomic mass is 16.5. The number of rotatable bonds is 5. The van der Waals surface area contributed by atoms with Gasteiger partial charge < -0.3 is 20.1 Å². The van der Waals surface area contributed by atoms with Gasteiger partial charge in [-0.2, -0.15) is 0 Å². The Morgan fingerprint density at radius 2 is 2.37 bits per heavy atom. The van der Waals surface area contributed by atoms with Crippen molar-refractivity contribution in [3.63, 3.8) is 0 Å². The first-order chi connectivity index (χ1) is 9.11. The molecule has 0 aromatic rings. The summed E-state index contributed by atoms with van der Waals surface area (Å²) in [5.41, 5.74) is 5.69. The van der Waals surface area contributed by atoms with Crippen molar-refractivity contribution in [2.45, 2.75) is 51.4 Å². The molecule has 110 valence electrons. The van der Waals surface area contributed by atoms with Crippen molar-refractivity contribution < 1.29 is 14.3 Å². The lowest BCUT2D eigenvalue weighted by Crippen LogP contribution is -2.42. The maximum atomic E-state index is 12.3. The average molecular weight is 270 g/mol. The summed E-state index contributed by atoms with van der Waals surface area (Å²) in [6, 6.07) is 0.273. The van der Waals surface area contributed by atoms with Crippen molar-refractivity contribution in [3.8, 4) is 0 Å². The number of nitrogens with two attached hydrogens (primary N) is 1. The molecular formula is C14H26N2O3. The van der Waals surface area contributed by atoms with Crippen LogP contribution >= 0.6 is 0 Å². The van der Waals surface area contributed by atoms with E-state index in [4.69, 9.17) is 15.2 Å². The van der Waals surface area contributed by atoms with Crippen LogP contribution in [0.2, 0.25) is 0 Å². The lowest BCUT2D eigenvalue weighted by molar-refractivity contribution is -0.145. The molecule has 2 fully saturated rings. The van der Waals surface area contributed by atoms with Crippen LogP contribution in [-0.4, -0.2) is 55.4 Å². The molecule has 0 bridgehead atoms. The first-order valence-corrected chi connectivity index (χ1v) is 7.35. The van der Waals surface area contributed by atoms with Crippen molar-refractivity contribution in [2.24, 2.45) is 11.7 Å². The second-order valence-corrected chi connectivity index (χ2v) is 5.79. The zero-order chi connectivity index (χ0) is 13.8. The molecule has 1 amide bonds. The van der Waals surface area contributed by atoms with Crippen molar-refractivity contribution in [1.82, 2.24) is 4.90 Å². The number of hydrogen-bond donors (Lipinski definition) is 1. The van der Waals surface area contributed by atoms with Gasteiger partial charge in [-0.3, -0.25) is 4.79 Å². The van der Waals surface area contributed by atoms with Crippen LogP contribution in [-0.2, 0) is 14.3 Å². The van der Waals surface area contributed by atoms with E-state index in [1.54, 1.807) is 0 Å². The summed E-state index contributed by atoms with van der Waals surface area (Å²) < 4.78 is 11.2. The molecule has 2 N–H and O–H groups in total. The minimum absolute atomic E-state index is 0.0847. The topological polar surface area (TPSA) is 64.8 Å². The number of nitrogens with zero attached hydrogens (tertiary/aromatic N) is 1. The standard InChI is InChI=1S/C14H26N2O3/c1-10-6-12(7-15)8-16(10)14(17)11(2)19-9-13-4-3-5-18-13/h10-13H,3-9,15H2,1-2H3. The van der Waals surface area contributed by atoms with E-state index in [-0.39, 0.29) is 24.2 Å². The fourth-order valence-electron chi connectivity index (χ4n) is 2.95. The molecule has 0 saturated carbocycles. The second-order valence-electron chi connectivity index (χ2n) is 5.79. The Morgan fingerprint density at radius 3 is 2.95 bits per heavy atom. The predicted molar refractivity (Wildman–Crippen MR) is 72.7 cm³/mol. The van der Waals surface area contributed by atoms with Crippen LogP contribution in [0.25, 0.3) is 0 Å². The molecule has 2 aliphatic heterocycles.